The minimum absolute atomic E-state index is 0. The van der Waals surface area contributed by atoms with Gasteiger partial charge in [-0.05, 0) is 45.8 Å². The van der Waals surface area contributed by atoms with Gasteiger partial charge in [0.25, 0.3) is 0 Å². The molecule has 1 N–H and O–H groups in total. The van der Waals surface area contributed by atoms with Crippen LogP contribution in [0.4, 0.5) is 0 Å². The minimum atomic E-state index is 0. The van der Waals surface area contributed by atoms with Crippen molar-refractivity contribution in [1.82, 2.24) is 15.1 Å². The summed E-state index contributed by atoms with van der Waals surface area (Å²) in [5.41, 5.74) is 1.78. The van der Waals surface area contributed by atoms with Crippen molar-refractivity contribution < 1.29 is 0 Å². The molecular weight excluding hydrogens is 537 g/mol. The molecule has 0 atom stereocenters. The molecule has 0 unspecified atom stereocenters. The van der Waals surface area contributed by atoms with Gasteiger partial charge in [0, 0.05) is 51.2 Å². The number of hydrogen-bond acceptors (Lipinski definition) is 4. The molecule has 0 amide bonds. The van der Waals surface area contributed by atoms with Crippen LogP contribution in [0.3, 0.4) is 0 Å². The average Bonchev–Trinajstić information content (AvgIpc) is 3.08. The van der Waals surface area contributed by atoms with Crippen LogP contribution in [0.15, 0.2) is 45.2 Å². The van der Waals surface area contributed by atoms with Gasteiger partial charge in [-0.1, -0.05) is 12.1 Å². The third-order valence-electron chi connectivity index (χ3n) is 4.40. The van der Waals surface area contributed by atoms with Gasteiger partial charge in [0.05, 0.1) is 15.4 Å². The van der Waals surface area contributed by atoms with E-state index < -0.39 is 0 Å². The number of hydrogen-bond donors (Lipinski definition) is 1. The van der Waals surface area contributed by atoms with Gasteiger partial charge in [-0.15, -0.1) is 35.3 Å². The molecule has 2 heterocycles. The summed E-state index contributed by atoms with van der Waals surface area (Å²) in [4.78, 5) is 10.6. The molecule has 8 heteroatoms. The van der Waals surface area contributed by atoms with Crippen molar-refractivity contribution in [2.24, 2.45) is 4.99 Å². The zero-order valence-electron chi connectivity index (χ0n) is 15.2. The first-order valence-electron chi connectivity index (χ1n) is 8.59. The van der Waals surface area contributed by atoms with Gasteiger partial charge >= 0.3 is 0 Å². The number of rotatable bonds is 4. The molecule has 1 aromatic carbocycles. The molecule has 0 radical (unpaired) electrons. The summed E-state index contributed by atoms with van der Waals surface area (Å²) in [6.45, 7) is 5.66. The number of guanidine groups is 1. The quantitative estimate of drug-likeness (QED) is 0.351. The Morgan fingerprint density at radius 2 is 2.04 bits per heavy atom. The van der Waals surface area contributed by atoms with Crippen LogP contribution in [-0.2, 0) is 13.1 Å². The maximum Gasteiger partial charge on any atom is 0.194 e. The first-order valence-corrected chi connectivity index (χ1v) is 10.2. The van der Waals surface area contributed by atoms with Crippen molar-refractivity contribution in [3.63, 3.8) is 0 Å². The van der Waals surface area contributed by atoms with Crippen LogP contribution in [-0.4, -0.2) is 49.0 Å². The summed E-state index contributed by atoms with van der Waals surface area (Å²) < 4.78 is 1.19. The standard InChI is InChI=1S/C19H22BrN5S.HI/c1-22-19(23-13-16-4-2-3-15(11-16)12-21)25-9-7-24(8-10-25)14-17-5-6-18(20)26-17;/h2-6,11H,7-10,13-14H2,1H3,(H,22,23);1H. The van der Waals surface area contributed by atoms with Gasteiger partial charge in [-0.25, -0.2) is 0 Å². The highest BCUT2D eigenvalue weighted by Crippen LogP contribution is 2.23. The van der Waals surface area contributed by atoms with E-state index in [0.717, 1.165) is 44.2 Å². The number of benzene rings is 1. The molecule has 1 saturated heterocycles. The van der Waals surface area contributed by atoms with E-state index in [1.807, 2.05) is 31.3 Å². The van der Waals surface area contributed by atoms with E-state index in [1.54, 1.807) is 11.3 Å². The molecule has 0 spiro atoms. The second-order valence-electron chi connectivity index (χ2n) is 6.18. The smallest absolute Gasteiger partial charge is 0.194 e. The molecule has 144 valence electrons. The highest BCUT2D eigenvalue weighted by molar-refractivity contribution is 14.0. The van der Waals surface area contributed by atoms with Crippen LogP contribution >= 0.6 is 51.2 Å². The van der Waals surface area contributed by atoms with E-state index in [0.29, 0.717) is 12.1 Å². The molecule has 5 nitrogen and oxygen atoms in total. The van der Waals surface area contributed by atoms with Crippen LogP contribution in [0, 0.1) is 11.3 Å². The van der Waals surface area contributed by atoms with E-state index in [-0.39, 0.29) is 24.0 Å². The molecule has 0 saturated carbocycles. The van der Waals surface area contributed by atoms with E-state index in [1.165, 1.54) is 8.66 Å². The van der Waals surface area contributed by atoms with Crippen LogP contribution in [0.25, 0.3) is 0 Å². The minimum Gasteiger partial charge on any atom is -0.352 e. The summed E-state index contributed by atoms with van der Waals surface area (Å²) in [7, 11) is 1.82. The van der Waals surface area contributed by atoms with E-state index in [9.17, 15) is 0 Å². The third kappa shape index (κ3) is 6.45. The molecule has 3 rings (SSSR count). The summed E-state index contributed by atoms with van der Waals surface area (Å²) in [6, 6.07) is 14.2. The van der Waals surface area contributed by atoms with Crippen molar-refractivity contribution in [2.45, 2.75) is 13.1 Å². The Labute approximate surface area is 190 Å². The molecule has 0 aliphatic carbocycles. The highest BCUT2D eigenvalue weighted by atomic mass is 127. The Morgan fingerprint density at radius 1 is 1.26 bits per heavy atom. The lowest BCUT2D eigenvalue weighted by molar-refractivity contribution is 0.173. The van der Waals surface area contributed by atoms with Gasteiger partial charge in [-0.3, -0.25) is 9.89 Å². The van der Waals surface area contributed by atoms with Crippen LogP contribution in [0.5, 0.6) is 0 Å². The van der Waals surface area contributed by atoms with Crippen LogP contribution in [0.2, 0.25) is 0 Å². The highest BCUT2D eigenvalue weighted by Gasteiger charge is 2.20. The number of thiophene rings is 1. The van der Waals surface area contributed by atoms with Crippen molar-refractivity contribution in [3.8, 4) is 6.07 Å². The largest absolute Gasteiger partial charge is 0.352 e. The number of nitrogens with one attached hydrogen (secondary N) is 1. The normalized spacial score (nSPS) is 15.1. The molecule has 2 aromatic rings. The van der Waals surface area contributed by atoms with Gasteiger partial charge in [0.1, 0.15) is 0 Å². The second-order valence-corrected chi connectivity index (χ2v) is 8.73. The number of halogens is 2. The Bertz CT molecular complexity index is 808. The topological polar surface area (TPSA) is 54.7 Å². The maximum atomic E-state index is 9.01. The molecule has 1 aromatic heterocycles. The second kappa shape index (κ2) is 11.0. The van der Waals surface area contributed by atoms with Gasteiger partial charge in [-0.2, -0.15) is 5.26 Å². The molecule has 27 heavy (non-hydrogen) atoms. The first-order chi connectivity index (χ1) is 12.7. The van der Waals surface area contributed by atoms with Crippen molar-refractivity contribution >= 4 is 57.2 Å². The number of piperazine rings is 1. The predicted molar refractivity (Wildman–Crippen MR) is 126 cm³/mol. The van der Waals surface area contributed by atoms with Crippen molar-refractivity contribution in [1.29, 1.82) is 5.26 Å². The van der Waals surface area contributed by atoms with Crippen molar-refractivity contribution in [3.05, 3.63) is 56.2 Å². The molecule has 1 fully saturated rings. The third-order valence-corrected chi connectivity index (χ3v) is 6.01. The van der Waals surface area contributed by atoms with Crippen LogP contribution < -0.4 is 5.32 Å². The molecule has 1 aliphatic rings. The lowest BCUT2D eigenvalue weighted by Gasteiger charge is -2.36. The fourth-order valence-corrected chi connectivity index (χ4v) is 4.56. The SMILES string of the molecule is CN=C(NCc1cccc(C#N)c1)N1CCN(Cc2ccc(Br)s2)CC1.I. The average molecular weight is 560 g/mol. The number of nitriles is 1. The van der Waals surface area contributed by atoms with Gasteiger partial charge in [0.15, 0.2) is 5.96 Å². The van der Waals surface area contributed by atoms with Crippen molar-refractivity contribution in [2.75, 3.05) is 33.2 Å². The monoisotopic (exact) mass is 559 g/mol. The van der Waals surface area contributed by atoms with Gasteiger partial charge < -0.3 is 10.2 Å². The fourth-order valence-electron chi connectivity index (χ4n) is 3.04. The Morgan fingerprint density at radius 3 is 2.67 bits per heavy atom. The summed E-state index contributed by atoms with van der Waals surface area (Å²) in [5, 5.41) is 12.4. The zero-order valence-corrected chi connectivity index (χ0v) is 19.9. The van der Waals surface area contributed by atoms with E-state index in [2.05, 4.69) is 54.2 Å². The molecule has 1 aliphatic heterocycles. The Kier molecular flexibility index (Phi) is 9.02. The lowest BCUT2D eigenvalue weighted by Crippen LogP contribution is -2.51. The Hall–Kier alpha value is -1.15. The van der Waals surface area contributed by atoms with Crippen LogP contribution in [0.1, 0.15) is 16.0 Å². The molecule has 0 bridgehead atoms. The maximum absolute atomic E-state index is 9.01. The summed E-state index contributed by atoms with van der Waals surface area (Å²) in [5.74, 6) is 0.922. The zero-order chi connectivity index (χ0) is 18.4. The summed E-state index contributed by atoms with van der Waals surface area (Å²) >= 11 is 5.33. The van der Waals surface area contributed by atoms with Gasteiger partial charge in [0.2, 0.25) is 0 Å². The molecular formula is C19H23BrIN5S. The lowest BCUT2D eigenvalue weighted by atomic mass is 10.1. The Balaban J connectivity index is 0.00000261. The summed E-state index contributed by atoms with van der Waals surface area (Å²) in [6.07, 6.45) is 0. The fraction of sp³-hybridized carbons (Fsp3) is 0.368. The predicted octanol–water partition coefficient (Wildman–Crippen LogP) is 3.89. The van der Waals surface area contributed by atoms with E-state index in [4.69, 9.17) is 5.26 Å². The number of aliphatic imine (C=N–C) groups is 1. The first kappa shape index (κ1) is 22.1. The number of nitrogens with zero attached hydrogens (tertiary/aromatic N) is 4. The van der Waals surface area contributed by atoms with E-state index >= 15 is 0 Å².